The molecule has 1 aromatic heterocycles. The molecule has 2 aromatic rings. The number of benzene rings is 1. The van der Waals surface area contributed by atoms with E-state index in [-0.39, 0.29) is 18.4 Å². The van der Waals surface area contributed by atoms with Crippen molar-refractivity contribution < 1.29 is 19.1 Å². The Balaban J connectivity index is 2.15. The lowest BCUT2D eigenvalue weighted by Gasteiger charge is -2.37. The molecule has 0 saturated heterocycles. The minimum Gasteiger partial charge on any atom is -0.497 e. The van der Waals surface area contributed by atoms with Gasteiger partial charge in [-0.3, -0.25) is 9.59 Å². The van der Waals surface area contributed by atoms with Crippen molar-refractivity contribution in [1.29, 1.82) is 0 Å². The van der Waals surface area contributed by atoms with Gasteiger partial charge in [-0.05, 0) is 57.0 Å². The SMILES string of the molecule is CCCCCCC(=O)N(CCOC)CC(=O)N(Cc1cccn1Cc1cccc(OC)c1)C(C)(C)C. The maximum Gasteiger partial charge on any atom is 0.242 e. The van der Waals surface area contributed by atoms with Gasteiger partial charge in [0.05, 0.1) is 26.8 Å². The Labute approximate surface area is 217 Å². The Morgan fingerprint density at radius 3 is 2.44 bits per heavy atom. The predicted molar refractivity (Wildman–Crippen MR) is 144 cm³/mol. The number of unbranched alkanes of at least 4 members (excludes halogenated alkanes) is 3. The van der Waals surface area contributed by atoms with Crippen LogP contribution in [0.25, 0.3) is 0 Å². The first-order valence-corrected chi connectivity index (χ1v) is 13.0. The third kappa shape index (κ3) is 9.34. The van der Waals surface area contributed by atoms with Crippen molar-refractivity contribution >= 4 is 11.8 Å². The maximum atomic E-state index is 13.6. The van der Waals surface area contributed by atoms with Gasteiger partial charge in [0.15, 0.2) is 0 Å². The second kappa shape index (κ2) is 14.7. The molecule has 7 nitrogen and oxygen atoms in total. The van der Waals surface area contributed by atoms with Crippen LogP contribution in [0.1, 0.15) is 71.1 Å². The second-order valence-corrected chi connectivity index (χ2v) is 10.2. The fourth-order valence-electron chi connectivity index (χ4n) is 4.18. The minimum absolute atomic E-state index is 0.0202. The number of ether oxygens (including phenoxy) is 2. The Hall–Kier alpha value is -2.80. The molecule has 200 valence electrons. The number of hydrogen-bond donors (Lipinski definition) is 0. The number of carbonyl (C=O) groups is 2. The predicted octanol–water partition coefficient (Wildman–Crippen LogP) is 5.12. The zero-order chi connectivity index (χ0) is 26.6. The molecule has 0 N–H and O–H groups in total. The van der Waals surface area contributed by atoms with E-state index in [2.05, 4.69) is 17.6 Å². The third-order valence-electron chi connectivity index (χ3n) is 6.33. The van der Waals surface area contributed by atoms with E-state index in [1.807, 2.05) is 62.2 Å². The molecule has 0 radical (unpaired) electrons. The first kappa shape index (κ1) is 29.4. The molecule has 1 aromatic carbocycles. The summed E-state index contributed by atoms with van der Waals surface area (Å²) >= 11 is 0. The van der Waals surface area contributed by atoms with Crippen LogP contribution < -0.4 is 4.74 Å². The highest BCUT2D eigenvalue weighted by Gasteiger charge is 2.29. The zero-order valence-corrected chi connectivity index (χ0v) is 23.1. The highest BCUT2D eigenvalue weighted by atomic mass is 16.5. The molecule has 0 atom stereocenters. The monoisotopic (exact) mass is 499 g/mol. The number of rotatable bonds is 15. The van der Waals surface area contributed by atoms with Crippen LogP contribution in [0.5, 0.6) is 5.75 Å². The Morgan fingerprint density at radius 1 is 1.00 bits per heavy atom. The molecule has 2 amide bonds. The molecular formula is C29H45N3O4. The van der Waals surface area contributed by atoms with Crippen molar-refractivity contribution in [2.45, 2.75) is 78.4 Å². The van der Waals surface area contributed by atoms with E-state index in [0.29, 0.717) is 32.7 Å². The molecule has 0 aliphatic heterocycles. The van der Waals surface area contributed by atoms with E-state index in [0.717, 1.165) is 42.7 Å². The van der Waals surface area contributed by atoms with Crippen molar-refractivity contribution in [2.24, 2.45) is 0 Å². The molecule has 0 fully saturated rings. The second-order valence-electron chi connectivity index (χ2n) is 10.2. The van der Waals surface area contributed by atoms with E-state index in [9.17, 15) is 9.59 Å². The topological polar surface area (TPSA) is 64.0 Å². The van der Waals surface area contributed by atoms with Crippen LogP contribution in [-0.4, -0.2) is 65.6 Å². The van der Waals surface area contributed by atoms with E-state index in [1.54, 1.807) is 19.1 Å². The number of hydrogen-bond acceptors (Lipinski definition) is 4. The molecule has 2 rings (SSSR count). The first-order chi connectivity index (χ1) is 17.2. The van der Waals surface area contributed by atoms with Crippen molar-refractivity contribution in [3.8, 4) is 5.75 Å². The summed E-state index contributed by atoms with van der Waals surface area (Å²) in [6.45, 7) is 10.3. The van der Waals surface area contributed by atoms with Gasteiger partial charge in [0.25, 0.3) is 0 Å². The minimum atomic E-state index is -0.404. The normalized spacial score (nSPS) is 11.4. The van der Waals surface area contributed by atoms with E-state index < -0.39 is 5.54 Å². The van der Waals surface area contributed by atoms with E-state index >= 15 is 0 Å². The summed E-state index contributed by atoms with van der Waals surface area (Å²) in [5, 5.41) is 0. The van der Waals surface area contributed by atoms with E-state index in [4.69, 9.17) is 9.47 Å². The summed E-state index contributed by atoms with van der Waals surface area (Å²) in [5.74, 6) is 0.782. The summed E-state index contributed by atoms with van der Waals surface area (Å²) in [7, 11) is 3.28. The number of aromatic nitrogens is 1. The summed E-state index contributed by atoms with van der Waals surface area (Å²) in [5.41, 5.74) is 1.76. The molecule has 36 heavy (non-hydrogen) atoms. The third-order valence-corrected chi connectivity index (χ3v) is 6.33. The van der Waals surface area contributed by atoms with Gasteiger partial charge in [-0.2, -0.15) is 0 Å². The fraction of sp³-hybridized carbons (Fsp3) is 0.586. The Morgan fingerprint density at radius 2 is 1.78 bits per heavy atom. The highest BCUT2D eigenvalue weighted by molar-refractivity contribution is 5.85. The van der Waals surface area contributed by atoms with Crippen molar-refractivity contribution in [3.05, 3.63) is 53.9 Å². The van der Waals surface area contributed by atoms with Gasteiger partial charge < -0.3 is 23.8 Å². The molecule has 1 heterocycles. The molecule has 0 spiro atoms. The quantitative estimate of drug-likeness (QED) is 0.319. The first-order valence-electron chi connectivity index (χ1n) is 13.0. The molecule has 7 heteroatoms. The molecule has 0 saturated carbocycles. The average Bonchev–Trinajstić information content (AvgIpc) is 3.28. The molecule has 0 bridgehead atoms. The van der Waals surface area contributed by atoms with Gasteiger partial charge >= 0.3 is 0 Å². The summed E-state index contributed by atoms with van der Waals surface area (Å²) in [4.78, 5) is 30.0. The van der Waals surface area contributed by atoms with Gasteiger partial charge in [0.1, 0.15) is 5.75 Å². The largest absolute Gasteiger partial charge is 0.497 e. The zero-order valence-electron chi connectivity index (χ0n) is 23.1. The lowest BCUT2D eigenvalue weighted by molar-refractivity contribution is -0.144. The standard InChI is InChI=1S/C29H45N3O4/c1-7-8-9-10-16-27(33)31(18-19-35-5)23-28(34)32(29(2,3)4)22-25-14-12-17-30(25)21-24-13-11-15-26(20-24)36-6/h11-15,17,20H,7-10,16,18-19,21-23H2,1-6H3. The lowest BCUT2D eigenvalue weighted by atomic mass is 10.0. The van der Waals surface area contributed by atoms with Gasteiger partial charge in [0.2, 0.25) is 11.8 Å². The lowest BCUT2D eigenvalue weighted by Crippen LogP contribution is -2.50. The van der Waals surface area contributed by atoms with Gasteiger partial charge in [-0.25, -0.2) is 0 Å². The Kier molecular flexibility index (Phi) is 12.0. The van der Waals surface area contributed by atoms with Gasteiger partial charge in [-0.15, -0.1) is 0 Å². The van der Waals surface area contributed by atoms with Crippen LogP contribution in [0.2, 0.25) is 0 Å². The number of nitrogens with zero attached hydrogens (tertiary/aromatic N) is 3. The number of carbonyl (C=O) groups excluding carboxylic acids is 2. The average molecular weight is 500 g/mol. The maximum absolute atomic E-state index is 13.6. The van der Waals surface area contributed by atoms with Crippen molar-refractivity contribution in [3.63, 3.8) is 0 Å². The highest BCUT2D eigenvalue weighted by Crippen LogP contribution is 2.21. The molecule has 0 unspecified atom stereocenters. The number of amides is 2. The van der Waals surface area contributed by atoms with Crippen LogP contribution in [-0.2, 0) is 27.4 Å². The molecule has 0 aliphatic rings. The summed E-state index contributed by atoms with van der Waals surface area (Å²) in [6.07, 6.45) is 6.64. The van der Waals surface area contributed by atoms with Gasteiger partial charge in [-0.1, -0.05) is 38.3 Å². The fourth-order valence-corrected chi connectivity index (χ4v) is 4.18. The van der Waals surface area contributed by atoms with Crippen LogP contribution in [0.4, 0.5) is 0 Å². The molecule has 0 aliphatic carbocycles. The van der Waals surface area contributed by atoms with Crippen molar-refractivity contribution in [2.75, 3.05) is 33.9 Å². The molecular weight excluding hydrogens is 454 g/mol. The smallest absolute Gasteiger partial charge is 0.242 e. The van der Waals surface area contributed by atoms with Crippen molar-refractivity contribution in [1.82, 2.24) is 14.4 Å². The van der Waals surface area contributed by atoms with Gasteiger partial charge in [0, 0.05) is 44.0 Å². The van der Waals surface area contributed by atoms with E-state index in [1.165, 1.54) is 0 Å². The Bertz CT molecular complexity index is 948. The number of methoxy groups -OCH3 is 2. The van der Waals surface area contributed by atoms with Crippen LogP contribution in [0.15, 0.2) is 42.6 Å². The van der Waals surface area contributed by atoms with Crippen LogP contribution in [0, 0.1) is 0 Å². The van der Waals surface area contributed by atoms with Crippen LogP contribution >= 0.6 is 0 Å². The summed E-state index contributed by atoms with van der Waals surface area (Å²) in [6, 6.07) is 12.1. The summed E-state index contributed by atoms with van der Waals surface area (Å²) < 4.78 is 12.7. The van der Waals surface area contributed by atoms with Crippen LogP contribution in [0.3, 0.4) is 0 Å².